The van der Waals surface area contributed by atoms with Crippen LogP contribution in [-0.2, 0) is 21.2 Å². The first-order chi connectivity index (χ1) is 10.8. The van der Waals surface area contributed by atoms with E-state index in [1.807, 2.05) is 0 Å². The Hall–Kier alpha value is -2.08. The van der Waals surface area contributed by atoms with E-state index in [2.05, 4.69) is 12.5 Å². The maximum Gasteiger partial charge on any atom is 0.371 e. The van der Waals surface area contributed by atoms with Crippen LogP contribution in [0.3, 0.4) is 0 Å². The number of carboxylic acids is 1. The molecule has 1 fully saturated rings. The molecule has 1 atom stereocenters. The van der Waals surface area contributed by atoms with Gasteiger partial charge in [0, 0.05) is 19.0 Å². The zero-order valence-electron chi connectivity index (χ0n) is 12.6. The second kappa shape index (κ2) is 6.20. The normalized spacial score (nSPS) is 22.4. The molecular weight excluding hydrogens is 322 g/mol. The van der Waals surface area contributed by atoms with Gasteiger partial charge < -0.3 is 14.3 Å². The van der Waals surface area contributed by atoms with Gasteiger partial charge in [0.05, 0.1) is 13.2 Å². The molecule has 0 amide bonds. The van der Waals surface area contributed by atoms with Crippen LogP contribution in [0.4, 0.5) is 0 Å². The number of furan rings is 1. The van der Waals surface area contributed by atoms with E-state index in [0.717, 1.165) is 10.4 Å². The lowest BCUT2D eigenvalue weighted by molar-refractivity contribution is 0.0226. The van der Waals surface area contributed by atoms with Gasteiger partial charge in [0.1, 0.15) is 16.2 Å². The molecule has 1 aliphatic rings. The van der Waals surface area contributed by atoms with E-state index in [-0.39, 0.29) is 36.8 Å². The third kappa shape index (κ3) is 2.79. The van der Waals surface area contributed by atoms with Crippen molar-refractivity contribution in [3.63, 3.8) is 0 Å². The molecule has 0 spiro atoms. The molecule has 124 valence electrons. The highest BCUT2D eigenvalue weighted by Gasteiger charge is 2.45. The van der Waals surface area contributed by atoms with E-state index in [1.165, 1.54) is 6.08 Å². The molecule has 0 aliphatic carbocycles. The fourth-order valence-electron chi connectivity index (χ4n) is 2.42. The van der Waals surface area contributed by atoms with E-state index in [0.29, 0.717) is 0 Å². The highest BCUT2D eigenvalue weighted by molar-refractivity contribution is 7.89. The van der Waals surface area contributed by atoms with Crippen molar-refractivity contribution in [1.29, 1.82) is 0 Å². The molecule has 0 aromatic carbocycles. The lowest BCUT2D eigenvalue weighted by Gasteiger charge is -2.40. The smallest absolute Gasteiger partial charge is 0.371 e. The second-order valence-electron chi connectivity index (χ2n) is 4.96. The number of rotatable bonds is 5. The number of nitrogens with zero attached hydrogens (tertiary/aromatic N) is 1. The minimum Gasteiger partial charge on any atom is -0.475 e. The van der Waals surface area contributed by atoms with Crippen LogP contribution in [0.15, 0.2) is 28.0 Å². The van der Waals surface area contributed by atoms with E-state index in [4.69, 9.17) is 20.7 Å². The zero-order chi connectivity index (χ0) is 17.3. The second-order valence-corrected chi connectivity index (χ2v) is 6.79. The van der Waals surface area contributed by atoms with Gasteiger partial charge in [-0.25, -0.2) is 13.2 Å². The fraction of sp³-hybridized carbons (Fsp3) is 0.400. The predicted octanol–water partition coefficient (Wildman–Crippen LogP) is 1.12. The molecule has 1 unspecified atom stereocenters. The molecule has 0 saturated carbocycles. The lowest BCUT2D eigenvalue weighted by Crippen LogP contribution is -2.57. The first kappa shape index (κ1) is 17.3. The maximum atomic E-state index is 13.0. The Balaban J connectivity index is 2.59. The summed E-state index contributed by atoms with van der Waals surface area (Å²) in [5, 5.41) is 9.02. The number of hydrogen-bond acceptors (Lipinski definition) is 5. The number of morpholine rings is 1. The summed E-state index contributed by atoms with van der Waals surface area (Å²) in [5.74, 6) is 0.720. The first-order valence-corrected chi connectivity index (χ1v) is 8.34. The van der Waals surface area contributed by atoms with Crippen molar-refractivity contribution < 1.29 is 27.5 Å². The first-order valence-electron chi connectivity index (χ1n) is 6.90. The highest BCUT2D eigenvalue weighted by Crippen LogP contribution is 2.32. The Bertz CT molecular complexity index is 772. The van der Waals surface area contributed by atoms with Gasteiger partial charge in [-0.3, -0.25) is 0 Å². The number of terminal acetylenes is 1. The molecular formula is C15H17NO6S. The molecule has 1 aromatic heterocycles. The lowest BCUT2D eigenvalue weighted by atomic mass is 10.0. The third-order valence-corrected chi connectivity index (χ3v) is 5.65. The van der Waals surface area contributed by atoms with Crippen LogP contribution in [0.5, 0.6) is 0 Å². The van der Waals surface area contributed by atoms with Gasteiger partial charge in [0.2, 0.25) is 15.8 Å². The van der Waals surface area contributed by atoms with Crippen molar-refractivity contribution in [1.82, 2.24) is 4.31 Å². The average molecular weight is 339 g/mol. The summed E-state index contributed by atoms with van der Waals surface area (Å²) in [5.41, 5.74) is -1.32. The molecule has 2 heterocycles. The maximum absolute atomic E-state index is 13.0. The van der Waals surface area contributed by atoms with E-state index in [9.17, 15) is 13.2 Å². The van der Waals surface area contributed by atoms with Crippen molar-refractivity contribution in [2.75, 3.05) is 19.8 Å². The largest absolute Gasteiger partial charge is 0.475 e. The Labute approximate surface area is 134 Å². The number of ether oxygens (including phenoxy) is 1. The monoisotopic (exact) mass is 339 g/mol. The summed E-state index contributed by atoms with van der Waals surface area (Å²) >= 11 is 0. The van der Waals surface area contributed by atoms with Crippen molar-refractivity contribution in [2.24, 2.45) is 0 Å². The minimum atomic E-state index is -4.07. The number of carbonyl (C=O) groups is 1. The average Bonchev–Trinajstić information content (AvgIpc) is 3.00. The predicted molar refractivity (Wildman–Crippen MR) is 81.5 cm³/mol. The Morgan fingerprint density at radius 2 is 2.35 bits per heavy atom. The Morgan fingerprint density at radius 3 is 2.87 bits per heavy atom. The van der Waals surface area contributed by atoms with Crippen LogP contribution >= 0.6 is 0 Å². The van der Waals surface area contributed by atoms with E-state index in [1.54, 1.807) is 6.92 Å². The zero-order valence-corrected chi connectivity index (χ0v) is 13.4. The van der Waals surface area contributed by atoms with Crippen LogP contribution in [-0.4, -0.2) is 49.1 Å². The minimum absolute atomic E-state index is 0.0165. The molecule has 8 heteroatoms. The summed E-state index contributed by atoms with van der Waals surface area (Å²) in [6.45, 7) is 5.49. The fourth-order valence-corrected chi connectivity index (χ4v) is 4.31. The molecule has 1 aliphatic heterocycles. The van der Waals surface area contributed by atoms with E-state index >= 15 is 0 Å². The van der Waals surface area contributed by atoms with Gasteiger partial charge in [0.25, 0.3) is 0 Å². The summed E-state index contributed by atoms with van der Waals surface area (Å²) in [6, 6.07) is 1.01. The number of hydrogen-bond donors (Lipinski definition) is 1. The number of sulfonamides is 1. The summed E-state index contributed by atoms with van der Waals surface area (Å²) < 4.78 is 37.5. The van der Waals surface area contributed by atoms with Crippen LogP contribution in [0.2, 0.25) is 0 Å². The topological polar surface area (TPSA) is 97.0 Å². The van der Waals surface area contributed by atoms with E-state index < -0.39 is 27.3 Å². The standard InChI is InChI=1S/C15H17NO6S/c1-4-11-13(9-12(22-11)14(17)18)23(19,20)16-7-8-21-10-15(16,5-2)6-3/h2,6,9H,3-4,7-8,10H2,1H3,(H,17,18). The van der Waals surface area contributed by atoms with Crippen molar-refractivity contribution in [3.05, 3.63) is 30.2 Å². The van der Waals surface area contributed by atoms with Crippen molar-refractivity contribution in [2.45, 2.75) is 23.8 Å². The Morgan fingerprint density at radius 1 is 1.65 bits per heavy atom. The molecule has 1 aromatic rings. The molecule has 0 bridgehead atoms. The van der Waals surface area contributed by atoms with Gasteiger partial charge in [0.15, 0.2) is 0 Å². The highest BCUT2D eigenvalue weighted by atomic mass is 32.2. The van der Waals surface area contributed by atoms with Crippen LogP contribution < -0.4 is 0 Å². The molecule has 2 rings (SSSR count). The van der Waals surface area contributed by atoms with Gasteiger partial charge in [-0.05, 0) is 0 Å². The molecule has 23 heavy (non-hydrogen) atoms. The molecule has 1 N–H and O–H groups in total. The SMILES string of the molecule is C#CC1(C=C)COCCN1S(=O)(=O)c1cc(C(=O)O)oc1CC. The number of aromatic carboxylic acids is 1. The van der Waals surface area contributed by atoms with Crippen molar-refractivity contribution >= 4 is 16.0 Å². The number of aryl methyl sites for hydroxylation is 1. The van der Waals surface area contributed by atoms with Crippen LogP contribution in [0.25, 0.3) is 0 Å². The molecule has 1 saturated heterocycles. The van der Waals surface area contributed by atoms with Gasteiger partial charge >= 0.3 is 5.97 Å². The van der Waals surface area contributed by atoms with Gasteiger partial charge in [-0.1, -0.05) is 18.9 Å². The third-order valence-electron chi connectivity index (χ3n) is 3.66. The summed E-state index contributed by atoms with van der Waals surface area (Å²) in [6.07, 6.45) is 7.08. The van der Waals surface area contributed by atoms with Gasteiger partial charge in [-0.15, -0.1) is 13.0 Å². The van der Waals surface area contributed by atoms with Crippen LogP contribution in [0, 0.1) is 12.3 Å². The summed E-state index contributed by atoms with van der Waals surface area (Å²) in [7, 11) is -4.07. The molecule has 0 radical (unpaired) electrons. The quantitative estimate of drug-likeness (QED) is 0.638. The Kier molecular flexibility index (Phi) is 4.66. The summed E-state index contributed by atoms with van der Waals surface area (Å²) in [4.78, 5) is 10.9. The number of carboxylic acid groups (broad SMARTS) is 1. The van der Waals surface area contributed by atoms with Crippen molar-refractivity contribution in [3.8, 4) is 12.3 Å². The molecule has 7 nitrogen and oxygen atoms in total. The van der Waals surface area contributed by atoms with Crippen LogP contribution in [0.1, 0.15) is 23.2 Å². The van der Waals surface area contributed by atoms with Gasteiger partial charge in [-0.2, -0.15) is 4.31 Å².